The van der Waals surface area contributed by atoms with Crippen LogP contribution in [0.2, 0.25) is 0 Å². The van der Waals surface area contributed by atoms with Gasteiger partial charge in [-0.2, -0.15) is 0 Å². The molecule has 0 unspecified atom stereocenters. The average Bonchev–Trinajstić information content (AvgIpc) is 2.54. The van der Waals surface area contributed by atoms with Crippen molar-refractivity contribution in [3.63, 3.8) is 0 Å². The van der Waals surface area contributed by atoms with Crippen molar-refractivity contribution >= 4 is 28.2 Å². The van der Waals surface area contributed by atoms with Gasteiger partial charge in [-0.1, -0.05) is 30.3 Å². The highest BCUT2D eigenvalue weighted by Crippen LogP contribution is 2.24. The normalized spacial score (nSPS) is 10.8. The Labute approximate surface area is 129 Å². The number of anilines is 1. The summed E-state index contributed by atoms with van der Waals surface area (Å²) >= 11 is 1.76. The summed E-state index contributed by atoms with van der Waals surface area (Å²) in [6.07, 6.45) is 5.96. The Balaban J connectivity index is 1.87. The van der Waals surface area contributed by atoms with E-state index in [-0.39, 0.29) is 0 Å². The van der Waals surface area contributed by atoms with E-state index in [0.29, 0.717) is 0 Å². The SMILES string of the molecule is CSc1ccc(C)c(NCc2cncc3ccccc23)c1. The van der Waals surface area contributed by atoms with Crippen LogP contribution in [0.25, 0.3) is 10.8 Å². The summed E-state index contributed by atoms with van der Waals surface area (Å²) in [5.41, 5.74) is 3.68. The maximum Gasteiger partial charge on any atom is 0.0422 e. The van der Waals surface area contributed by atoms with Crippen LogP contribution >= 0.6 is 11.8 Å². The van der Waals surface area contributed by atoms with Gasteiger partial charge >= 0.3 is 0 Å². The number of nitrogens with zero attached hydrogens (tertiary/aromatic N) is 1. The minimum atomic E-state index is 0.785. The molecule has 0 radical (unpaired) electrons. The van der Waals surface area contributed by atoms with E-state index in [9.17, 15) is 0 Å². The van der Waals surface area contributed by atoms with Crippen LogP contribution in [0.4, 0.5) is 5.69 Å². The maximum absolute atomic E-state index is 4.34. The van der Waals surface area contributed by atoms with Crippen molar-refractivity contribution in [2.24, 2.45) is 0 Å². The van der Waals surface area contributed by atoms with Crippen LogP contribution in [0.1, 0.15) is 11.1 Å². The first-order chi connectivity index (χ1) is 10.3. The van der Waals surface area contributed by atoms with Crippen LogP contribution in [0.5, 0.6) is 0 Å². The molecular formula is C18H18N2S. The van der Waals surface area contributed by atoms with Crippen LogP contribution in [0, 0.1) is 6.92 Å². The zero-order valence-electron chi connectivity index (χ0n) is 12.3. The summed E-state index contributed by atoms with van der Waals surface area (Å²) in [6.45, 7) is 2.92. The predicted octanol–water partition coefficient (Wildman–Crippen LogP) is 4.88. The molecule has 0 amide bonds. The lowest BCUT2D eigenvalue weighted by Crippen LogP contribution is -2.02. The van der Waals surface area contributed by atoms with Crippen molar-refractivity contribution in [1.82, 2.24) is 4.98 Å². The van der Waals surface area contributed by atoms with Crippen molar-refractivity contribution in [2.75, 3.05) is 11.6 Å². The molecule has 0 atom stereocenters. The van der Waals surface area contributed by atoms with E-state index < -0.39 is 0 Å². The van der Waals surface area contributed by atoms with Gasteiger partial charge in [-0.15, -0.1) is 11.8 Å². The fourth-order valence-electron chi connectivity index (χ4n) is 2.43. The van der Waals surface area contributed by atoms with E-state index >= 15 is 0 Å². The predicted molar refractivity (Wildman–Crippen MR) is 92.0 cm³/mol. The van der Waals surface area contributed by atoms with Crippen molar-refractivity contribution in [1.29, 1.82) is 0 Å². The zero-order chi connectivity index (χ0) is 14.7. The third-order valence-electron chi connectivity index (χ3n) is 3.66. The highest BCUT2D eigenvalue weighted by molar-refractivity contribution is 7.98. The Morgan fingerprint density at radius 3 is 2.81 bits per heavy atom. The molecule has 2 aromatic carbocycles. The van der Waals surface area contributed by atoms with Gasteiger partial charge in [0.1, 0.15) is 0 Å². The lowest BCUT2D eigenvalue weighted by molar-refractivity contribution is 1.12. The van der Waals surface area contributed by atoms with Crippen molar-refractivity contribution in [2.45, 2.75) is 18.4 Å². The largest absolute Gasteiger partial charge is 0.381 e. The Hall–Kier alpha value is -2.00. The monoisotopic (exact) mass is 294 g/mol. The third kappa shape index (κ3) is 3.03. The third-order valence-corrected chi connectivity index (χ3v) is 4.39. The number of fused-ring (bicyclic) bond motifs is 1. The second-order valence-electron chi connectivity index (χ2n) is 5.05. The number of aromatic nitrogens is 1. The molecule has 3 heteroatoms. The second kappa shape index (κ2) is 6.19. The van der Waals surface area contributed by atoms with E-state index in [1.807, 2.05) is 18.5 Å². The Kier molecular flexibility index (Phi) is 4.11. The van der Waals surface area contributed by atoms with Gasteiger partial charge in [0.05, 0.1) is 0 Å². The number of hydrogen-bond donors (Lipinski definition) is 1. The summed E-state index contributed by atoms with van der Waals surface area (Å²) in [6, 6.07) is 14.9. The zero-order valence-corrected chi connectivity index (χ0v) is 13.1. The van der Waals surface area contributed by atoms with Crippen LogP contribution < -0.4 is 5.32 Å². The minimum Gasteiger partial charge on any atom is -0.381 e. The smallest absolute Gasteiger partial charge is 0.0422 e. The topological polar surface area (TPSA) is 24.9 Å². The second-order valence-corrected chi connectivity index (χ2v) is 5.93. The fourth-order valence-corrected chi connectivity index (χ4v) is 2.87. The molecule has 0 fully saturated rings. The molecule has 1 N–H and O–H groups in total. The van der Waals surface area contributed by atoms with Gasteiger partial charge in [0.25, 0.3) is 0 Å². The first-order valence-corrected chi connectivity index (χ1v) is 8.20. The van der Waals surface area contributed by atoms with Gasteiger partial charge in [-0.25, -0.2) is 0 Å². The molecule has 3 aromatic rings. The highest BCUT2D eigenvalue weighted by Gasteiger charge is 2.03. The molecular weight excluding hydrogens is 276 g/mol. The molecule has 0 saturated carbocycles. The molecule has 0 saturated heterocycles. The Bertz CT molecular complexity index is 763. The molecule has 0 spiro atoms. The molecule has 0 aliphatic heterocycles. The van der Waals surface area contributed by atoms with Gasteiger partial charge in [-0.05, 0) is 41.8 Å². The van der Waals surface area contributed by atoms with E-state index in [1.165, 1.54) is 32.5 Å². The first kappa shape index (κ1) is 14.0. The molecule has 21 heavy (non-hydrogen) atoms. The molecule has 1 aromatic heterocycles. The molecule has 0 aliphatic rings. The quantitative estimate of drug-likeness (QED) is 0.694. The number of hydrogen-bond acceptors (Lipinski definition) is 3. The van der Waals surface area contributed by atoms with Crippen LogP contribution in [0.15, 0.2) is 59.8 Å². The van der Waals surface area contributed by atoms with E-state index in [0.717, 1.165) is 6.54 Å². The van der Waals surface area contributed by atoms with Crippen molar-refractivity contribution in [3.8, 4) is 0 Å². The lowest BCUT2D eigenvalue weighted by atomic mass is 10.1. The van der Waals surface area contributed by atoms with E-state index in [1.54, 1.807) is 11.8 Å². The lowest BCUT2D eigenvalue weighted by Gasteiger charge is -2.12. The molecule has 2 nitrogen and oxygen atoms in total. The standard InChI is InChI=1S/C18H18N2S/c1-13-7-8-16(21-2)9-18(13)20-12-15-11-19-10-14-5-3-4-6-17(14)15/h3-11,20H,12H2,1-2H3. The number of pyridine rings is 1. The average molecular weight is 294 g/mol. The number of rotatable bonds is 4. The number of aryl methyl sites for hydroxylation is 1. The summed E-state index contributed by atoms with van der Waals surface area (Å²) < 4.78 is 0. The first-order valence-electron chi connectivity index (χ1n) is 6.98. The minimum absolute atomic E-state index is 0.785. The molecule has 106 valence electrons. The molecule has 0 bridgehead atoms. The summed E-state index contributed by atoms with van der Waals surface area (Å²) in [5, 5.41) is 5.99. The summed E-state index contributed by atoms with van der Waals surface area (Å²) in [7, 11) is 0. The van der Waals surface area contributed by atoms with Gasteiger partial charge < -0.3 is 5.32 Å². The van der Waals surface area contributed by atoms with Crippen LogP contribution in [0.3, 0.4) is 0 Å². The van der Waals surface area contributed by atoms with Crippen LogP contribution in [-0.2, 0) is 6.54 Å². The summed E-state index contributed by atoms with van der Waals surface area (Å²) in [4.78, 5) is 5.61. The number of thioether (sulfide) groups is 1. The van der Waals surface area contributed by atoms with Crippen molar-refractivity contribution in [3.05, 3.63) is 66.0 Å². The molecule has 3 rings (SSSR count). The van der Waals surface area contributed by atoms with Gasteiger partial charge in [-0.3, -0.25) is 4.98 Å². The van der Waals surface area contributed by atoms with Gasteiger partial charge in [0, 0.05) is 34.9 Å². The van der Waals surface area contributed by atoms with E-state index in [2.05, 4.69) is 59.9 Å². The fraction of sp³-hybridized carbons (Fsp3) is 0.167. The molecule has 1 heterocycles. The molecule has 0 aliphatic carbocycles. The van der Waals surface area contributed by atoms with Crippen LogP contribution in [-0.4, -0.2) is 11.2 Å². The van der Waals surface area contributed by atoms with Crippen molar-refractivity contribution < 1.29 is 0 Å². The Morgan fingerprint density at radius 2 is 1.95 bits per heavy atom. The number of nitrogens with one attached hydrogen (secondary N) is 1. The Morgan fingerprint density at radius 1 is 1.10 bits per heavy atom. The summed E-state index contributed by atoms with van der Waals surface area (Å²) in [5.74, 6) is 0. The number of benzene rings is 2. The van der Waals surface area contributed by atoms with Gasteiger partial charge in [0.15, 0.2) is 0 Å². The highest BCUT2D eigenvalue weighted by atomic mass is 32.2. The van der Waals surface area contributed by atoms with Gasteiger partial charge in [0.2, 0.25) is 0 Å². The maximum atomic E-state index is 4.34. The van der Waals surface area contributed by atoms with E-state index in [4.69, 9.17) is 0 Å².